The lowest BCUT2D eigenvalue weighted by molar-refractivity contribution is 0.0427. The van der Waals surface area contributed by atoms with E-state index in [9.17, 15) is 9.90 Å². The zero-order valence-corrected chi connectivity index (χ0v) is 10.3. The van der Waals surface area contributed by atoms with Gasteiger partial charge in [0.15, 0.2) is 0 Å². The number of ether oxygens (including phenoxy) is 1. The molecule has 3 N–H and O–H groups in total. The third-order valence-electron chi connectivity index (χ3n) is 2.86. The molecule has 0 aromatic heterocycles. The SMILES string of the molecule is CC(C)(OC(N)=O)c1c(O)ccc2ccccc12. The predicted molar refractivity (Wildman–Crippen MR) is 69.3 cm³/mol. The van der Waals surface area contributed by atoms with Crippen LogP contribution in [0.15, 0.2) is 36.4 Å². The third kappa shape index (κ3) is 2.09. The Hall–Kier alpha value is -2.23. The van der Waals surface area contributed by atoms with Gasteiger partial charge in [0.05, 0.1) is 0 Å². The van der Waals surface area contributed by atoms with E-state index in [1.807, 2.05) is 30.3 Å². The number of fused-ring (bicyclic) bond motifs is 1. The molecular formula is C14H15NO3. The molecule has 0 heterocycles. The van der Waals surface area contributed by atoms with Gasteiger partial charge in [-0.1, -0.05) is 30.3 Å². The van der Waals surface area contributed by atoms with Gasteiger partial charge in [-0.3, -0.25) is 0 Å². The Morgan fingerprint density at radius 2 is 1.89 bits per heavy atom. The molecule has 1 amide bonds. The standard InChI is InChI=1S/C14H15NO3/c1-14(2,18-13(15)17)12-10-6-4-3-5-9(10)7-8-11(12)16/h3-8,16H,1-2H3,(H2,15,17). The smallest absolute Gasteiger partial charge is 0.405 e. The van der Waals surface area contributed by atoms with Crippen molar-refractivity contribution in [3.05, 3.63) is 42.0 Å². The molecule has 0 saturated carbocycles. The number of carbonyl (C=O) groups is 1. The summed E-state index contributed by atoms with van der Waals surface area (Å²) in [5.74, 6) is 0.0833. The van der Waals surface area contributed by atoms with Crippen molar-refractivity contribution in [3.63, 3.8) is 0 Å². The quantitative estimate of drug-likeness (QED) is 0.854. The molecule has 18 heavy (non-hydrogen) atoms. The Labute approximate surface area is 105 Å². The van der Waals surface area contributed by atoms with Crippen LogP contribution >= 0.6 is 0 Å². The molecular weight excluding hydrogens is 230 g/mol. The number of primary amides is 1. The Balaban J connectivity index is 2.69. The van der Waals surface area contributed by atoms with Crippen molar-refractivity contribution in [2.75, 3.05) is 0 Å². The average molecular weight is 245 g/mol. The van der Waals surface area contributed by atoms with Gasteiger partial charge >= 0.3 is 6.09 Å². The van der Waals surface area contributed by atoms with Crippen LogP contribution in [0.3, 0.4) is 0 Å². The number of benzene rings is 2. The van der Waals surface area contributed by atoms with E-state index in [1.165, 1.54) is 0 Å². The topological polar surface area (TPSA) is 72.5 Å². The maximum Gasteiger partial charge on any atom is 0.405 e. The zero-order chi connectivity index (χ0) is 13.3. The lowest BCUT2D eigenvalue weighted by Crippen LogP contribution is -2.29. The highest BCUT2D eigenvalue weighted by molar-refractivity contribution is 5.88. The first kappa shape index (κ1) is 12.2. The monoisotopic (exact) mass is 245 g/mol. The Kier molecular flexibility index (Phi) is 2.87. The van der Waals surface area contributed by atoms with Gasteiger partial charge in [-0.05, 0) is 30.7 Å². The first-order chi connectivity index (χ1) is 8.42. The molecule has 4 heteroatoms. The predicted octanol–water partition coefficient (Wildman–Crippen LogP) is 2.88. The fourth-order valence-electron chi connectivity index (χ4n) is 2.20. The highest BCUT2D eigenvalue weighted by Gasteiger charge is 2.29. The number of aromatic hydroxyl groups is 1. The van der Waals surface area contributed by atoms with Gasteiger partial charge in [0.25, 0.3) is 0 Å². The molecule has 2 aromatic carbocycles. The normalized spacial score (nSPS) is 11.4. The first-order valence-electron chi connectivity index (χ1n) is 5.61. The fourth-order valence-corrected chi connectivity index (χ4v) is 2.20. The number of rotatable bonds is 2. The van der Waals surface area contributed by atoms with Gasteiger partial charge < -0.3 is 15.6 Å². The van der Waals surface area contributed by atoms with Crippen molar-refractivity contribution >= 4 is 16.9 Å². The minimum absolute atomic E-state index is 0.0833. The minimum atomic E-state index is -0.989. The zero-order valence-electron chi connectivity index (χ0n) is 10.3. The number of phenols is 1. The summed E-state index contributed by atoms with van der Waals surface area (Å²) in [7, 11) is 0. The summed E-state index contributed by atoms with van der Waals surface area (Å²) < 4.78 is 5.09. The van der Waals surface area contributed by atoms with Gasteiger partial charge in [0, 0.05) is 5.56 Å². The fraction of sp³-hybridized carbons (Fsp3) is 0.214. The number of hydrogen-bond acceptors (Lipinski definition) is 3. The highest BCUT2D eigenvalue weighted by atomic mass is 16.6. The molecule has 0 spiro atoms. The van der Waals surface area contributed by atoms with Gasteiger partial charge in [0.2, 0.25) is 0 Å². The largest absolute Gasteiger partial charge is 0.507 e. The summed E-state index contributed by atoms with van der Waals surface area (Å²) in [6.07, 6.45) is -0.868. The van der Waals surface area contributed by atoms with Gasteiger partial charge in [-0.15, -0.1) is 0 Å². The second kappa shape index (κ2) is 4.22. The average Bonchev–Trinajstić information content (AvgIpc) is 2.26. The van der Waals surface area contributed by atoms with E-state index in [-0.39, 0.29) is 5.75 Å². The van der Waals surface area contributed by atoms with Crippen molar-refractivity contribution < 1.29 is 14.6 Å². The summed E-state index contributed by atoms with van der Waals surface area (Å²) >= 11 is 0. The van der Waals surface area contributed by atoms with Crippen molar-refractivity contribution in [2.45, 2.75) is 19.4 Å². The van der Waals surface area contributed by atoms with E-state index in [2.05, 4.69) is 0 Å². The van der Waals surface area contributed by atoms with E-state index in [4.69, 9.17) is 10.5 Å². The van der Waals surface area contributed by atoms with Crippen molar-refractivity contribution in [3.8, 4) is 5.75 Å². The van der Waals surface area contributed by atoms with Crippen LogP contribution in [-0.4, -0.2) is 11.2 Å². The van der Waals surface area contributed by atoms with Crippen molar-refractivity contribution in [1.82, 2.24) is 0 Å². The number of amides is 1. The lowest BCUT2D eigenvalue weighted by Gasteiger charge is -2.26. The molecule has 0 saturated heterocycles. The van der Waals surface area contributed by atoms with Gasteiger partial charge in [0.1, 0.15) is 11.4 Å². The molecule has 0 fully saturated rings. The first-order valence-corrected chi connectivity index (χ1v) is 5.61. The summed E-state index contributed by atoms with van der Waals surface area (Å²) in [6.45, 7) is 3.39. The van der Waals surface area contributed by atoms with Crippen molar-refractivity contribution in [1.29, 1.82) is 0 Å². The van der Waals surface area contributed by atoms with E-state index >= 15 is 0 Å². The van der Waals surface area contributed by atoms with Crippen LogP contribution in [0.2, 0.25) is 0 Å². The van der Waals surface area contributed by atoms with Crippen LogP contribution in [0, 0.1) is 0 Å². The molecule has 0 aliphatic heterocycles. The molecule has 0 atom stereocenters. The van der Waals surface area contributed by atoms with E-state index < -0.39 is 11.7 Å². The van der Waals surface area contributed by atoms with Crippen LogP contribution in [0.1, 0.15) is 19.4 Å². The van der Waals surface area contributed by atoms with Crippen LogP contribution in [0.4, 0.5) is 4.79 Å². The summed E-state index contributed by atoms with van der Waals surface area (Å²) in [5, 5.41) is 11.8. The molecule has 0 aliphatic carbocycles. The van der Waals surface area contributed by atoms with Gasteiger partial charge in [-0.25, -0.2) is 4.79 Å². The minimum Gasteiger partial charge on any atom is -0.507 e. The Morgan fingerprint density at radius 1 is 1.22 bits per heavy atom. The van der Waals surface area contributed by atoms with Crippen molar-refractivity contribution in [2.24, 2.45) is 5.73 Å². The van der Waals surface area contributed by atoms with Crippen LogP contribution < -0.4 is 5.73 Å². The third-order valence-corrected chi connectivity index (χ3v) is 2.86. The molecule has 0 aliphatic rings. The molecule has 2 rings (SSSR count). The second-order valence-corrected chi connectivity index (χ2v) is 4.61. The summed E-state index contributed by atoms with van der Waals surface area (Å²) in [4.78, 5) is 11.0. The summed E-state index contributed by atoms with van der Waals surface area (Å²) in [6, 6.07) is 11.0. The number of nitrogens with two attached hydrogens (primary N) is 1. The van der Waals surface area contributed by atoms with Crippen LogP contribution in [0.5, 0.6) is 5.75 Å². The molecule has 2 aromatic rings. The van der Waals surface area contributed by atoms with Gasteiger partial charge in [-0.2, -0.15) is 0 Å². The Morgan fingerprint density at radius 3 is 2.56 bits per heavy atom. The molecule has 0 radical (unpaired) electrons. The number of phenolic OH excluding ortho intramolecular Hbond substituents is 1. The maximum atomic E-state index is 11.0. The Bertz CT molecular complexity index is 605. The lowest BCUT2D eigenvalue weighted by atomic mass is 9.91. The summed E-state index contributed by atoms with van der Waals surface area (Å²) in [5.41, 5.74) is 4.63. The van der Waals surface area contributed by atoms with E-state index in [0.717, 1.165) is 10.8 Å². The maximum absolute atomic E-state index is 11.0. The van der Waals surface area contributed by atoms with E-state index in [0.29, 0.717) is 5.56 Å². The molecule has 94 valence electrons. The van der Waals surface area contributed by atoms with Crippen LogP contribution in [0.25, 0.3) is 10.8 Å². The number of hydrogen-bond donors (Lipinski definition) is 2. The number of carbonyl (C=O) groups excluding carboxylic acids is 1. The molecule has 0 bridgehead atoms. The molecule has 4 nitrogen and oxygen atoms in total. The highest BCUT2D eigenvalue weighted by Crippen LogP contribution is 2.37. The van der Waals surface area contributed by atoms with E-state index in [1.54, 1.807) is 19.9 Å². The molecule has 0 unspecified atom stereocenters. The second-order valence-electron chi connectivity index (χ2n) is 4.61. The van der Waals surface area contributed by atoms with Crippen LogP contribution in [-0.2, 0) is 10.3 Å².